The largest absolute Gasteiger partial charge is 0.393 e. The van der Waals surface area contributed by atoms with Gasteiger partial charge in [0.1, 0.15) is 0 Å². The minimum absolute atomic E-state index is 0.0648. The van der Waals surface area contributed by atoms with E-state index in [0.29, 0.717) is 5.69 Å². The Labute approximate surface area is 102 Å². The van der Waals surface area contributed by atoms with Gasteiger partial charge in [-0.25, -0.2) is 4.98 Å². The van der Waals surface area contributed by atoms with Gasteiger partial charge in [0.05, 0.1) is 30.4 Å². The summed E-state index contributed by atoms with van der Waals surface area (Å²) in [6.07, 6.45) is 4.66. The molecule has 7 heteroatoms. The summed E-state index contributed by atoms with van der Waals surface area (Å²) in [5.74, 6) is -0.174. The van der Waals surface area contributed by atoms with Crippen LogP contribution in [-0.2, 0) is 4.74 Å². The van der Waals surface area contributed by atoms with Gasteiger partial charge in [-0.1, -0.05) is 12.2 Å². The molecule has 18 heavy (non-hydrogen) atoms. The van der Waals surface area contributed by atoms with Crippen molar-refractivity contribution in [2.75, 3.05) is 12.3 Å². The highest BCUT2D eigenvalue weighted by Crippen LogP contribution is 2.33. The van der Waals surface area contributed by atoms with Gasteiger partial charge >= 0.3 is 0 Å². The number of H-pyrrole nitrogens is 1. The molecule has 94 valence electrons. The van der Waals surface area contributed by atoms with E-state index in [4.69, 9.17) is 15.6 Å². The zero-order valence-electron chi connectivity index (χ0n) is 9.41. The standard InChI is InChI=1S/C11H12N4O3/c12-11-14-8-6(3-13-9(8)10(17)15-11)7-2-1-5(4-16)18-7/h1-3,5-7,16H,4H2,(H3,12,14,15,17)/t5-,6+,7+/m0/s1. The van der Waals surface area contributed by atoms with Crippen molar-refractivity contribution < 1.29 is 9.84 Å². The summed E-state index contributed by atoms with van der Waals surface area (Å²) in [6.45, 7) is -0.0747. The van der Waals surface area contributed by atoms with Crippen LogP contribution in [0.2, 0.25) is 0 Å². The minimum atomic E-state index is -0.350. The lowest BCUT2D eigenvalue weighted by atomic mass is 10.0. The summed E-state index contributed by atoms with van der Waals surface area (Å²) in [6, 6.07) is 0. The average Bonchev–Trinajstić information content (AvgIpc) is 2.93. The second-order valence-corrected chi connectivity index (χ2v) is 4.20. The molecule has 0 saturated heterocycles. The number of hydrogen-bond acceptors (Lipinski definition) is 6. The molecule has 7 nitrogen and oxygen atoms in total. The third kappa shape index (κ3) is 1.64. The van der Waals surface area contributed by atoms with Crippen molar-refractivity contribution in [1.82, 2.24) is 9.97 Å². The highest BCUT2D eigenvalue weighted by Gasteiger charge is 2.33. The first kappa shape index (κ1) is 11.1. The van der Waals surface area contributed by atoms with E-state index in [0.717, 1.165) is 0 Å². The first-order valence-electron chi connectivity index (χ1n) is 5.57. The maximum atomic E-state index is 11.6. The molecule has 0 saturated carbocycles. The maximum Gasteiger partial charge on any atom is 0.278 e. The van der Waals surface area contributed by atoms with Gasteiger partial charge in [0.2, 0.25) is 5.95 Å². The molecule has 1 aromatic rings. The number of aliphatic hydroxyl groups excluding tert-OH is 1. The smallest absolute Gasteiger partial charge is 0.278 e. The van der Waals surface area contributed by atoms with E-state index >= 15 is 0 Å². The molecule has 0 spiro atoms. The summed E-state index contributed by atoms with van der Waals surface area (Å²) < 4.78 is 5.59. The van der Waals surface area contributed by atoms with Gasteiger partial charge in [-0.2, -0.15) is 0 Å². The number of aliphatic imine (C=N–C) groups is 1. The number of aromatic nitrogens is 2. The molecule has 0 amide bonds. The SMILES string of the molecule is Nc1nc2c(c(=O)[nH]1)N=C[C@@H]2[C@H]1C=C[C@@H](CO)O1. The number of anilines is 1. The van der Waals surface area contributed by atoms with Gasteiger partial charge in [-0.3, -0.25) is 14.8 Å². The number of rotatable bonds is 2. The van der Waals surface area contributed by atoms with Crippen molar-refractivity contribution in [2.45, 2.75) is 18.1 Å². The molecule has 0 unspecified atom stereocenters. The number of nitrogens with zero attached hydrogens (tertiary/aromatic N) is 2. The Balaban J connectivity index is 1.94. The minimum Gasteiger partial charge on any atom is -0.393 e. The molecule has 2 aliphatic rings. The van der Waals surface area contributed by atoms with Crippen LogP contribution in [0.5, 0.6) is 0 Å². The van der Waals surface area contributed by atoms with Crippen LogP contribution in [-0.4, -0.2) is 40.1 Å². The van der Waals surface area contributed by atoms with Gasteiger partial charge in [-0.05, 0) is 0 Å². The fourth-order valence-electron chi connectivity index (χ4n) is 2.16. The molecular formula is C11H12N4O3. The van der Waals surface area contributed by atoms with E-state index < -0.39 is 0 Å². The number of nitrogens with two attached hydrogens (primary N) is 1. The number of fused-ring (bicyclic) bond motifs is 1. The summed E-state index contributed by atoms with van der Waals surface area (Å²) in [5.41, 5.74) is 5.97. The van der Waals surface area contributed by atoms with Crippen LogP contribution in [0.1, 0.15) is 11.6 Å². The third-order valence-corrected chi connectivity index (χ3v) is 3.00. The van der Waals surface area contributed by atoms with Crippen molar-refractivity contribution in [3.05, 3.63) is 28.2 Å². The third-order valence-electron chi connectivity index (χ3n) is 3.00. The van der Waals surface area contributed by atoms with Crippen molar-refractivity contribution in [3.8, 4) is 0 Å². The summed E-state index contributed by atoms with van der Waals surface area (Å²) in [7, 11) is 0. The lowest BCUT2D eigenvalue weighted by Crippen LogP contribution is -2.23. The van der Waals surface area contributed by atoms with E-state index in [1.807, 2.05) is 6.08 Å². The normalized spacial score (nSPS) is 28.8. The van der Waals surface area contributed by atoms with Crippen LogP contribution < -0.4 is 11.3 Å². The van der Waals surface area contributed by atoms with E-state index in [9.17, 15) is 4.79 Å². The summed E-state index contributed by atoms with van der Waals surface area (Å²) >= 11 is 0. The lowest BCUT2D eigenvalue weighted by molar-refractivity contribution is 0.0228. The Kier molecular flexibility index (Phi) is 2.49. The Bertz CT molecular complexity index is 592. The van der Waals surface area contributed by atoms with Crippen LogP contribution in [0, 0.1) is 0 Å². The number of ether oxygens (including phenoxy) is 1. The van der Waals surface area contributed by atoms with E-state index in [-0.39, 0.29) is 41.9 Å². The zero-order valence-corrected chi connectivity index (χ0v) is 9.41. The first-order valence-corrected chi connectivity index (χ1v) is 5.57. The monoisotopic (exact) mass is 248 g/mol. The van der Waals surface area contributed by atoms with Crippen LogP contribution in [0.3, 0.4) is 0 Å². The molecule has 3 atom stereocenters. The molecule has 1 aromatic heterocycles. The molecule has 0 aliphatic carbocycles. The average molecular weight is 248 g/mol. The van der Waals surface area contributed by atoms with Gasteiger partial charge < -0.3 is 15.6 Å². The number of aromatic amines is 1. The second kappa shape index (κ2) is 4.04. The molecule has 2 aliphatic heterocycles. The van der Waals surface area contributed by atoms with Crippen molar-refractivity contribution in [1.29, 1.82) is 0 Å². The highest BCUT2D eigenvalue weighted by atomic mass is 16.5. The van der Waals surface area contributed by atoms with Crippen LogP contribution in [0.25, 0.3) is 0 Å². The van der Waals surface area contributed by atoms with Crippen molar-refractivity contribution >= 4 is 17.9 Å². The Morgan fingerprint density at radius 3 is 3.06 bits per heavy atom. The number of hydrogen-bond donors (Lipinski definition) is 3. The molecule has 0 radical (unpaired) electrons. The molecule has 0 fully saturated rings. The topological polar surface area (TPSA) is 114 Å². The molecule has 4 N–H and O–H groups in total. The Morgan fingerprint density at radius 1 is 1.50 bits per heavy atom. The quantitative estimate of drug-likeness (QED) is 0.609. The molecule has 3 rings (SSSR count). The van der Waals surface area contributed by atoms with Gasteiger partial charge in [0, 0.05) is 6.21 Å². The number of nitrogen functional groups attached to an aromatic ring is 1. The fourth-order valence-corrected chi connectivity index (χ4v) is 2.16. The number of aliphatic hydroxyl groups is 1. The van der Waals surface area contributed by atoms with Crippen LogP contribution in [0.15, 0.2) is 21.9 Å². The van der Waals surface area contributed by atoms with Gasteiger partial charge in [-0.15, -0.1) is 0 Å². The van der Waals surface area contributed by atoms with E-state index in [2.05, 4.69) is 15.0 Å². The molecule has 3 heterocycles. The Morgan fingerprint density at radius 2 is 2.33 bits per heavy atom. The van der Waals surface area contributed by atoms with Crippen LogP contribution in [0.4, 0.5) is 11.6 Å². The maximum absolute atomic E-state index is 11.6. The molecule has 0 aromatic carbocycles. The predicted octanol–water partition coefficient (Wildman–Crippen LogP) is -0.533. The molecular weight excluding hydrogens is 236 g/mol. The van der Waals surface area contributed by atoms with E-state index in [1.165, 1.54) is 0 Å². The van der Waals surface area contributed by atoms with Crippen LogP contribution >= 0.6 is 0 Å². The number of nitrogens with one attached hydrogen (secondary N) is 1. The summed E-state index contributed by atoms with van der Waals surface area (Å²) in [5, 5.41) is 9.01. The second-order valence-electron chi connectivity index (χ2n) is 4.20. The molecule has 0 bridgehead atoms. The summed E-state index contributed by atoms with van der Waals surface area (Å²) in [4.78, 5) is 22.2. The van der Waals surface area contributed by atoms with Crippen molar-refractivity contribution in [2.24, 2.45) is 4.99 Å². The van der Waals surface area contributed by atoms with E-state index in [1.54, 1.807) is 12.3 Å². The lowest BCUT2D eigenvalue weighted by Gasteiger charge is -2.17. The van der Waals surface area contributed by atoms with Crippen molar-refractivity contribution in [3.63, 3.8) is 0 Å². The predicted molar refractivity (Wildman–Crippen MR) is 65.0 cm³/mol. The highest BCUT2D eigenvalue weighted by molar-refractivity contribution is 5.80. The Hall–Kier alpha value is -1.99. The van der Waals surface area contributed by atoms with Gasteiger partial charge in [0.25, 0.3) is 5.56 Å². The fraction of sp³-hybridized carbons (Fsp3) is 0.364. The van der Waals surface area contributed by atoms with Gasteiger partial charge in [0.15, 0.2) is 5.69 Å². The first-order chi connectivity index (χ1) is 8.69. The zero-order chi connectivity index (χ0) is 12.7.